The van der Waals surface area contributed by atoms with E-state index in [1.807, 2.05) is 4.90 Å². The van der Waals surface area contributed by atoms with Crippen LogP contribution in [0.5, 0.6) is 5.75 Å². The first-order valence-electron chi connectivity index (χ1n) is 11.8. The molecule has 1 unspecified atom stereocenters. The minimum absolute atomic E-state index is 0.0394. The Labute approximate surface area is 218 Å². The quantitative estimate of drug-likeness (QED) is 0.420. The highest BCUT2D eigenvalue weighted by atomic mass is 19.4. The fourth-order valence-corrected chi connectivity index (χ4v) is 4.57. The number of pyridine rings is 1. The number of alkyl halides is 3. The lowest BCUT2D eigenvalue weighted by atomic mass is 10.1. The molecule has 3 aromatic rings. The molecule has 2 aliphatic heterocycles. The Morgan fingerprint density at radius 1 is 1.05 bits per heavy atom. The van der Waals surface area contributed by atoms with Gasteiger partial charge in [-0.3, -0.25) is 19.5 Å². The van der Waals surface area contributed by atoms with E-state index >= 15 is 0 Å². The van der Waals surface area contributed by atoms with Gasteiger partial charge in [-0.2, -0.15) is 0 Å². The summed E-state index contributed by atoms with van der Waals surface area (Å²) in [7, 11) is 0. The number of anilines is 2. The Hall–Kier alpha value is -4.10. The molecule has 0 spiro atoms. The molecule has 5 rings (SSSR count). The summed E-state index contributed by atoms with van der Waals surface area (Å²) in [6.45, 7) is 0.984. The normalized spacial score (nSPS) is 18.7. The third-order valence-electron chi connectivity index (χ3n) is 6.28. The van der Waals surface area contributed by atoms with Crippen LogP contribution in [-0.4, -0.2) is 59.9 Å². The van der Waals surface area contributed by atoms with Crippen molar-refractivity contribution in [1.82, 2.24) is 9.88 Å². The molecule has 2 N–H and O–H groups in total. The number of nitrogens with zero attached hydrogens (tertiary/aromatic N) is 2. The standard InChI is InChI=1S/C26H21F5N4O4/c27-16-5-15(6-17(28)8-16)21-3-2-18(10-32-21)33-25(37)14-1-4-23(39-26(29,30)31)22(7-14)34-24(36)12-35-11-20-9-19(35)13-38-20/h1-8,10,19-20H,9,11-13H2,(H,33,37)(H,34,36)/t19-,20?/m0/s1. The Morgan fingerprint density at radius 3 is 2.44 bits per heavy atom. The zero-order chi connectivity index (χ0) is 27.7. The first-order valence-corrected chi connectivity index (χ1v) is 11.8. The maximum atomic E-state index is 13.5. The number of likely N-dealkylation sites (tertiary alicyclic amines) is 1. The number of rotatable bonds is 7. The second kappa shape index (κ2) is 10.6. The van der Waals surface area contributed by atoms with Crippen LogP contribution in [-0.2, 0) is 9.53 Å². The third kappa shape index (κ3) is 6.49. The van der Waals surface area contributed by atoms with Gasteiger partial charge in [0.05, 0.1) is 42.5 Å². The number of halogens is 5. The maximum Gasteiger partial charge on any atom is 0.573 e. The number of fused-ring (bicyclic) bond motifs is 2. The number of carbonyl (C=O) groups excluding carboxylic acids is 2. The molecule has 0 saturated carbocycles. The number of benzene rings is 2. The van der Waals surface area contributed by atoms with E-state index in [4.69, 9.17) is 4.74 Å². The molecule has 2 aliphatic rings. The van der Waals surface area contributed by atoms with Crippen LogP contribution in [0.3, 0.4) is 0 Å². The highest BCUT2D eigenvalue weighted by molar-refractivity contribution is 6.06. The topological polar surface area (TPSA) is 92.8 Å². The van der Waals surface area contributed by atoms with E-state index in [9.17, 15) is 31.5 Å². The summed E-state index contributed by atoms with van der Waals surface area (Å²) >= 11 is 0. The van der Waals surface area contributed by atoms with Crippen molar-refractivity contribution in [2.45, 2.75) is 24.9 Å². The average molecular weight is 548 g/mol. The van der Waals surface area contributed by atoms with Gasteiger partial charge in [0.1, 0.15) is 11.6 Å². The number of aromatic nitrogens is 1. The zero-order valence-electron chi connectivity index (χ0n) is 20.1. The third-order valence-corrected chi connectivity index (χ3v) is 6.28. The first-order chi connectivity index (χ1) is 18.5. The summed E-state index contributed by atoms with van der Waals surface area (Å²) in [6.07, 6.45) is -2.93. The molecular weight excluding hydrogens is 527 g/mol. The van der Waals surface area contributed by atoms with E-state index < -0.39 is 35.6 Å². The summed E-state index contributed by atoms with van der Waals surface area (Å²) in [6, 6.07) is 9.01. The van der Waals surface area contributed by atoms with E-state index in [2.05, 4.69) is 20.4 Å². The van der Waals surface area contributed by atoms with Crippen LogP contribution in [0.4, 0.5) is 33.3 Å². The summed E-state index contributed by atoms with van der Waals surface area (Å²) in [5, 5.41) is 4.95. The van der Waals surface area contributed by atoms with Crippen molar-refractivity contribution in [2.24, 2.45) is 0 Å². The van der Waals surface area contributed by atoms with Crippen molar-refractivity contribution in [2.75, 3.05) is 30.3 Å². The van der Waals surface area contributed by atoms with Crippen LogP contribution in [0.25, 0.3) is 11.3 Å². The van der Waals surface area contributed by atoms with Gasteiger partial charge in [-0.1, -0.05) is 0 Å². The largest absolute Gasteiger partial charge is 0.573 e. The van der Waals surface area contributed by atoms with Crippen LogP contribution < -0.4 is 15.4 Å². The number of amides is 2. The van der Waals surface area contributed by atoms with E-state index in [-0.39, 0.29) is 46.9 Å². The molecule has 2 atom stereocenters. The molecule has 8 nitrogen and oxygen atoms in total. The maximum absolute atomic E-state index is 13.5. The summed E-state index contributed by atoms with van der Waals surface area (Å²) in [5.74, 6) is -3.49. The molecule has 0 radical (unpaired) electrons. The van der Waals surface area contributed by atoms with E-state index in [0.29, 0.717) is 13.2 Å². The van der Waals surface area contributed by atoms with Crippen molar-refractivity contribution in [3.05, 3.63) is 71.9 Å². The first kappa shape index (κ1) is 26.5. The lowest BCUT2D eigenvalue weighted by Gasteiger charge is -2.26. The van der Waals surface area contributed by atoms with Gasteiger partial charge < -0.3 is 20.1 Å². The molecule has 39 heavy (non-hydrogen) atoms. The molecule has 2 amide bonds. The van der Waals surface area contributed by atoms with Gasteiger partial charge >= 0.3 is 6.36 Å². The SMILES string of the molecule is O=C(CN1CC2C[C@H]1CO2)Nc1cc(C(=O)Nc2ccc(-c3cc(F)cc(F)c3)nc2)ccc1OC(F)(F)F. The van der Waals surface area contributed by atoms with Crippen molar-refractivity contribution < 1.29 is 41.0 Å². The van der Waals surface area contributed by atoms with E-state index in [1.54, 1.807) is 0 Å². The van der Waals surface area contributed by atoms with Crippen LogP contribution in [0.15, 0.2) is 54.7 Å². The second-order valence-electron chi connectivity index (χ2n) is 9.13. The van der Waals surface area contributed by atoms with Gasteiger partial charge in [0, 0.05) is 29.8 Å². The Morgan fingerprint density at radius 2 is 1.82 bits per heavy atom. The molecule has 2 aromatic carbocycles. The monoisotopic (exact) mass is 548 g/mol. The number of carbonyl (C=O) groups is 2. The van der Waals surface area contributed by atoms with Crippen molar-refractivity contribution in [1.29, 1.82) is 0 Å². The lowest BCUT2D eigenvalue weighted by Crippen LogP contribution is -2.41. The predicted octanol–water partition coefficient (Wildman–Crippen LogP) is 4.59. The number of morpholine rings is 1. The van der Waals surface area contributed by atoms with Gasteiger partial charge in [0.25, 0.3) is 5.91 Å². The zero-order valence-corrected chi connectivity index (χ0v) is 20.1. The van der Waals surface area contributed by atoms with Gasteiger partial charge in [-0.25, -0.2) is 8.78 Å². The smallest absolute Gasteiger partial charge is 0.404 e. The average Bonchev–Trinajstić information content (AvgIpc) is 3.47. The molecule has 1 aromatic heterocycles. The van der Waals surface area contributed by atoms with Gasteiger partial charge in [0.2, 0.25) is 5.91 Å². The van der Waals surface area contributed by atoms with Gasteiger partial charge in [-0.05, 0) is 48.9 Å². The Balaban J connectivity index is 1.30. The highest BCUT2D eigenvalue weighted by Gasteiger charge is 2.39. The molecule has 13 heteroatoms. The molecule has 3 heterocycles. The highest BCUT2D eigenvalue weighted by Crippen LogP contribution is 2.32. The summed E-state index contributed by atoms with van der Waals surface area (Å²) in [4.78, 5) is 31.4. The summed E-state index contributed by atoms with van der Waals surface area (Å²) < 4.78 is 75.4. The van der Waals surface area contributed by atoms with Crippen molar-refractivity contribution >= 4 is 23.2 Å². The number of nitrogens with one attached hydrogen (secondary N) is 2. The molecular formula is C26H21F5N4O4. The number of hydrogen-bond acceptors (Lipinski definition) is 6. The molecule has 2 fully saturated rings. The minimum atomic E-state index is -5.02. The van der Waals surface area contributed by atoms with Crippen LogP contribution >= 0.6 is 0 Å². The predicted molar refractivity (Wildman–Crippen MR) is 129 cm³/mol. The number of hydrogen-bond donors (Lipinski definition) is 2. The van der Waals surface area contributed by atoms with Gasteiger partial charge in [-0.15, -0.1) is 13.2 Å². The number of ether oxygens (including phenoxy) is 2. The summed E-state index contributed by atoms with van der Waals surface area (Å²) in [5.41, 5.74) is 0.271. The molecule has 2 bridgehead atoms. The lowest BCUT2D eigenvalue weighted by molar-refractivity contribution is -0.274. The fourth-order valence-electron chi connectivity index (χ4n) is 4.57. The van der Waals surface area contributed by atoms with Gasteiger partial charge in [0.15, 0.2) is 5.75 Å². The van der Waals surface area contributed by atoms with Crippen molar-refractivity contribution in [3.63, 3.8) is 0 Å². The van der Waals surface area contributed by atoms with Crippen LogP contribution in [0, 0.1) is 11.6 Å². The van der Waals surface area contributed by atoms with Crippen LogP contribution in [0.2, 0.25) is 0 Å². The van der Waals surface area contributed by atoms with E-state index in [1.165, 1.54) is 18.3 Å². The fraction of sp³-hybridized carbons (Fsp3) is 0.269. The second-order valence-corrected chi connectivity index (χ2v) is 9.13. The van der Waals surface area contributed by atoms with Crippen LogP contribution in [0.1, 0.15) is 16.8 Å². The Kier molecular flexibility index (Phi) is 7.19. The molecule has 2 saturated heterocycles. The van der Waals surface area contributed by atoms with E-state index in [0.717, 1.165) is 42.8 Å². The minimum Gasteiger partial charge on any atom is -0.404 e. The molecule has 204 valence electrons. The van der Waals surface area contributed by atoms with Crippen molar-refractivity contribution in [3.8, 4) is 17.0 Å². The Bertz CT molecular complexity index is 1380. The molecule has 0 aliphatic carbocycles.